The van der Waals surface area contributed by atoms with E-state index in [2.05, 4.69) is 30.6 Å². The molecule has 0 radical (unpaired) electrons. The molecule has 0 amide bonds. The number of nitrogens with two attached hydrogens (primary N) is 4. The number of hydrogen-bond donors (Lipinski definition) is 8. The van der Waals surface area contributed by atoms with Crippen molar-refractivity contribution in [3.63, 3.8) is 0 Å². The van der Waals surface area contributed by atoms with Gasteiger partial charge in [-0.15, -0.1) is 0 Å². The van der Waals surface area contributed by atoms with Crippen molar-refractivity contribution in [1.82, 2.24) is 29.1 Å². The van der Waals surface area contributed by atoms with Crippen LogP contribution in [0.15, 0.2) is 91.5 Å². The lowest BCUT2D eigenvalue weighted by Crippen LogP contribution is -2.08. The first-order valence-corrected chi connectivity index (χ1v) is 15.5. The number of anilines is 2. The molecule has 0 aliphatic heterocycles. The predicted octanol–water partition coefficient (Wildman–Crippen LogP) is 2.15. The molecule has 52 heavy (non-hydrogen) atoms. The third-order valence-electron chi connectivity index (χ3n) is 6.62. The number of carboxylic acid groups (broad SMARTS) is 2. The standard InChI is InChI=1S/C17H19ClN4O4.2C8H10N4O/c1-19-11-6-9(8-21-13(11)16(23)24)4-3-5-10-7-12(20-2)14(17(25)26)22-15(10)18;2*9-7(5-13)1-2-8(10)12-4-3-11-6-12/h6-8,19-20H,3-5H2,1-2H3,(H,23,24)(H,25,26);2*1-6H,9-10H2/b;2*7-1-,8-2+. The first-order chi connectivity index (χ1) is 24.8. The monoisotopic (exact) mass is 734 g/mol. The zero-order chi connectivity index (χ0) is 38.6. The average molecular weight is 735 g/mol. The van der Waals surface area contributed by atoms with Crippen LogP contribution < -0.4 is 33.6 Å². The number of aldehydes is 2. The number of carbonyl (C=O) groups is 4. The van der Waals surface area contributed by atoms with Gasteiger partial charge in [-0.1, -0.05) is 11.6 Å². The second-order valence-corrected chi connectivity index (χ2v) is 10.6. The van der Waals surface area contributed by atoms with Crippen LogP contribution in [0.2, 0.25) is 5.15 Å². The summed E-state index contributed by atoms with van der Waals surface area (Å²) in [6.45, 7) is 0. The molecule has 0 saturated heterocycles. The van der Waals surface area contributed by atoms with Crippen molar-refractivity contribution >= 4 is 59.1 Å². The third-order valence-corrected chi connectivity index (χ3v) is 6.95. The SMILES string of the molecule is CNc1cc(CCCc2cc(NC)c(C(=O)O)nc2Cl)cnc1C(=O)O.N/C(C=O)=C\C=C(/N)n1ccnc1.N/C(C=O)=C\C=C(/N)n1ccnc1. The molecular formula is C33H39ClN12O6. The Morgan fingerprint density at radius 3 is 1.71 bits per heavy atom. The Kier molecular flexibility index (Phi) is 16.8. The smallest absolute Gasteiger partial charge is 0.356 e. The van der Waals surface area contributed by atoms with Gasteiger partial charge >= 0.3 is 11.9 Å². The summed E-state index contributed by atoms with van der Waals surface area (Å²) >= 11 is 6.10. The minimum Gasteiger partial charge on any atom is -0.476 e. The van der Waals surface area contributed by atoms with Gasteiger partial charge in [0, 0.05) is 45.1 Å². The number of hydrogen-bond acceptors (Lipinski definition) is 14. The van der Waals surface area contributed by atoms with E-state index < -0.39 is 11.9 Å². The van der Waals surface area contributed by atoms with E-state index in [0.29, 0.717) is 54.9 Å². The van der Waals surface area contributed by atoms with Crippen LogP contribution in [0.25, 0.3) is 11.6 Å². The fourth-order valence-electron chi connectivity index (χ4n) is 3.99. The highest BCUT2D eigenvalue weighted by atomic mass is 35.5. The summed E-state index contributed by atoms with van der Waals surface area (Å²) < 4.78 is 3.21. The van der Waals surface area contributed by atoms with Crippen LogP contribution in [-0.4, -0.2) is 77.9 Å². The molecule has 0 aliphatic carbocycles. The number of carboxylic acids is 2. The number of pyridine rings is 2. The van der Waals surface area contributed by atoms with E-state index >= 15 is 0 Å². The molecular weight excluding hydrogens is 696 g/mol. The lowest BCUT2D eigenvalue weighted by molar-refractivity contribution is -0.105. The molecule has 0 aromatic carbocycles. The number of nitrogens with zero attached hydrogens (tertiary/aromatic N) is 6. The molecule has 12 N–H and O–H groups in total. The maximum absolute atomic E-state index is 11.2. The molecule has 274 valence electrons. The van der Waals surface area contributed by atoms with Gasteiger partial charge < -0.3 is 43.8 Å². The molecule has 0 atom stereocenters. The van der Waals surface area contributed by atoms with E-state index in [-0.39, 0.29) is 27.9 Å². The van der Waals surface area contributed by atoms with Crippen molar-refractivity contribution in [2.45, 2.75) is 19.3 Å². The number of aromatic nitrogens is 6. The Labute approximate surface area is 303 Å². The fraction of sp³-hybridized carbons (Fsp3) is 0.152. The molecule has 4 heterocycles. The maximum Gasteiger partial charge on any atom is 0.356 e. The zero-order valence-electron chi connectivity index (χ0n) is 28.2. The summed E-state index contributed by atoms with van der Waals surface area (Å²) in [5.74, 6) is -1.34. The molecule has 4 aromatic heterocycles. The number of carbonyl (C=O) groups excluding carboxylic acids is 2. The Balaban J connectivity index is 0.000000301. The summed E-state index contributed by atoms with van der Waals surface area (Å²) in [6.07, 6.45) is 20.2. The molecule has 0 fully saturated rings. The molecule has 0 spiro atoms. The number of aromatic carboxylic acids is 2. The Bertz CT molecular complexity index is 1870. The van der Waals surface area contributed by atoms with Gasteiger partial charge in [0.2, 0.25) is 0 Å². The van der Waals surface area contributed by atoms with Gasteiger partial charge in [0.25, 0.3) is 0 Å². The molecule has 18 nitrogen and oxygen atoms in total. The van der Waals surface area contributed by atoms with Crippen molar-refractivity contribution in [3.8, 4) is 0 Å². The minimum atomic E-state index is -1.15. The molecule has 0 saturated carbocycles. The fourth-order valence-corrected chi connectivity index (χ4v) is 4.22. The van der Waals surface area contributed by atoms with E-state index in [1.165, 1.54) is 30.5 Å². The van der Waals surface area contributed by atoms with Crippen molar-refractivity contribution in [2.24, 2.45) is 22.9 Å². The lowest BCUT2D eigenvalue weighted by Gasteiger charge is -2.11. The van der Waals surface area contributed by atoms with E-state index in [4.69, 9.17) is 44.7 Å². The number of halogens is 1. The predicted molar refractivity (Wildman–Crippen MR) is 197 cm³/mol. The van der Waals surface area contributed by atoms with Crippen LogP contribution in [0.5, 0.6) is 0 Å². The lowest BCUT2D eigenvalue weighted by atomic mass is 10.0. The molecule has 0 aliphatic rings. The topological polar surface area (TPSA) is 298 Å². The summed E-state index contributed by atoms with van der Waals surface area (Å²) in [6, 6.07) is 3.44. The van der Waals surface area contributed by atoms with Gasteiger partial charge in [0.15, 0.2) is 24.0 Å². The van der Waals surface area contributed by atoms with E-state index in [9.17, 15) is 19.2 Å². The van der Waals surface area contributed by atoms with Crippen molar-refractivity contribution in [1.29, 1.82) is 0 Å². The minimum absolute atomic E-state index is 0.0218. The number of imidazole rings is 2. The summed E-state index contributed by atoms with van der Waals surface area (Å²) in [7, 11) is 3.26. The quantitative estimate of drug-likeness (QED) is 0.0398. The zero-order valence-corrected chi connectivity index (χ0v) is 28.9. The first kappa shape index (κ1) is 41.2. The highest BCUT2D eigenvalue weighted by Gasteiger charge is 2.16. The van der Waals surface area contributed by atoms with Gasteiger partial charge in [-0.05, 0) is 66.8 Å². The van der Waals surface area contributed by atoms with Crippen LogP contribution in [0.1, 0.15) is 38.5 Å². The van der Waals surface area contributed by atoms with Crippen LogP contribution in [0.4, 0.5) is 11.4 Å². The second kappa shape index (κ2) is 21.2. The number of allylic oxidation sites excluding steroid dienone is 6. The second-order valence-electron chi connectivity index (χ2n) is 10.2. The number of nitrogens with one attached hydrogen (secondary N) is 2. The normalized spacial score (nSPS) is 11.7. The van der Waals surface area contributed by atoms with E-state index in [0.717, 1.165) is 11.1 Å². The number of rotatable bonds is 14. The van der Waals surface area contributed by atoms with Crippen molar-refractivity contribution < 1.29 is 29.4 Å². The largest absolute Gasteiger partial charge is 0.476 e. The third kappa shape index (κ3) is 13.2. The number of aryl methyl sites for hydroxylation is 2. The van der Waals surface area contributed by atoms with Crippen LogP contribution >= 0.6 is 11.6 Å². The maximum atomic E-state index is 11.2. The Hall–Kier alpha value is -6.95. The van der Waals surface area contributed by atoms with Gasteiger partial charge in [0.05, 0.1) is 22.8 Å². The average Bonchev–Trinajstić information content (AvgIpc) is 3.89. The summed E-state index contributed by atoms with van der Waals surface area (Å²) in [5, 5.41) is 24.0. The highest BCUT2D eigenvalue weighted by molar-refractivity contribution is 6.30. The van der Waals surface area contributed by atoms with Gasteiger partial charge in [-0.2, -0.15) is 0 Å². The summed E-state index contributed by atoms with van der Waals surface area (Å²) in [5.41, 5.74) is 24.3. The van der Waals surface area contributed by atoms with Crippen LogP contribution in [0, 0.1) is 0 Å². The van der Waals surface area contributed by atoms with Crippen molar-refractivity contribution in [3.05, 3.63) is 119 Å². The molecule has 4 aromatic rings. The Morgan fingerprint density at radius 2 is 1.29 bits per heavy atom. The van der Waals surface area contributed by atoms with Gasteiger partial charge in [-0.25, -0.2) is 29.5 Å². The van der Waals surface area contributed by atoms with Crippen LogP contribution in [-0.2, 0) is 22.4 Å². The molecule has 0 bridgehead atoms. The van der Waals surface area contributed by atoms with Gasteiger partial charge in [0.1, 0.15) is 29.4 Å². The highest BCUT2D eigenvalue weighted by Crippen LogP contribution is 2.24. The first-order valence-electron chi connectivity index (χ1n) is 15.1. The molecule has 4 rings (SSSR count). The summed E-state index contributed by atoms with van der Waals surface area (Å²) in [4.78, 5) is 58.0. The Morgan fingerprint density at radius 1 is 0.788 bits per heavy atom. The van der Waals surface area contributed by atoms with Crippen LogP contribution in [0.3, 0.4) is 0 Å². The van der Waals surface area contributed by atoms with Gasteiger partial charge in [-0.3, -0.25) is 18.7 Å². The van der Waals surface area contributed by atoms with E-state index in [1.54, 1.807) is 72.8 Å². The van der Waals surface area contributed by atoms with Crippen molar-refractivity contribution in [2.75, 3.05) is 24.7 Å². The molecule has 19 heteroatoms. The van der Waals surface area contributed by atoms with E-state index in [1.807, 2.05) is 0 Å². The molecule has 0 unspecified atom stereocenters.